The molecule has 0 unspecified atom stereocenters. The number of aryl methyl sites for hydroxylation is 1. The van der Waals surface area contributed by atoms with Crippen LogP contribution in [-0.4, -0.2) is 26.2 Å². The van der Waals surface area contributed by atoms with Crippen LogP contribution in [0.25, 0.3) is 16.7 Å². The van der Waals surface area contributed by atoms with Crippen molar-refractivity contribution in [1.82, 2.24) is 14.5 Å². The van der Waals surface area contributed by atoms with E-state index in [4.69, 9.17) is 11.6 Å². The molecule has 152 valence electrons. The van der Waals surface area contributed by atoms with Gasteiger partial charge in [0.1, 0.15) is 11.3 Å². The van der Waals surface area contributed by atoms with E-state index < -0.39 is 11.7 Å². The molecule has 9 heteroatoms. The minimum absolute atomic E-state index is 0.0406. The van der Waals surface area contributed by atoms with Gasteiger partial charge in [0, 0.05) is 5.69 Å². The van der Waals surface area contributed by atoms with Gasteiger partial charge < -0.3 is 10.3 Å². The van der Waals surface area contributed by atoms with Crippen LogP contribution in [0, 0.1) is 12.7 Å². The smallest absolute Gasteiger partial charge is 0.283 e. The molecule has 2 heterocycles. The molecule has 2 aromatic carbocycles. The number of thioether (sulfide) groups is 1. The Labute approximate surface area is 180 Å². The Morgan fingerprint density at radius 1 is 1.23 bits per heavy atom. The van der Waals surface area contributed by atoms with Crippen LogP contribution in [0.3, 0.4) is 0 Å². The Balaban J connectivity index is 1.65. The van der Waals surface area contributed by atoms with E-state index in [1.54, 1.807) is 18.2 Å². The molecular weight excluding hydrogens is 427 g/mol. The van der Waals surface area contributed by atoms with Gasteiger partial charge in [-0.25, -0.2) is 9.37 Å². The van der Waals surface area contributed by atoms with Crippen LogP contribution >= 0.6 is 23.4 Å². The third-order valence-corrected chi connectivity index (χ3v) is 5.57. The Hall–Kier alpha value is -3.10. The van der Waals surface area contributed by atoms with Crippen molar-refractivity contribution in [3.05, 3.63) is 81.5 Å². The van der Waals surface area contributed by atoms with Gasteiger partial charge in [0.15, 0.2) is 5.16 Å². The van der Waals surface area contributed by atoms with E-state index >= 15 is 0 Å². The average molecular weight is 443 g/mol. The van der Waals surface area contributed by atoms with E-state index in [2.05, 4.69) is 15.3 Å². The number of aromatic nitrogens is 3. The lowest BCUT2D eigenvalue weighted by atomic mass is 10.3. The van der Waals surface area contributed by atoms with Gasteiger partial charge in [0.25, 0.3) is 5.56 Å². The highest BCUT2D eigenvalue weighted by Gasteiger charge is 2.16. The number of para-hydroxylation sites is 1. The van der Waals surface area contributed by atoms with Crippen LogP contribution in [0.4, 0.5) is 10.1 Å². The molecule has 2 aromatic heterocycles. The second-order valence-electron chi connectivity index (χ2n) is 6.54. The number of anilines is 1. The Bertz CT molecular complexity index is 1300. The summed E-state index contributed by atoms with van der Waals surface area (Å²) in [5, 5.41) is 3.19. The number of hydrogen-bond donors (Lipinski definition) is 2. The average Bonchev–Trinajstić information content (AvgIpc) is 3.10. The van der Waals surface area contributed by atoms with Crippen molar-refractivity contribution in [3.63, 3.8) is 0 Å². The summed E-state index contributed by atoms with van der Waals surface area (Å²) < 4.78 is 14.9. The first-order valence-corrected chi connectivity index (χ1v) is 10.3. The summed E-state index contributed by atoms with van der Waals surface area (Å²) in [6.45, 7) is 1.84. The molecule has 0 aliphatic rings. The maximum Gasteiger partial charge on any atom is 0.283 e. The van der Waals surface area contributed by atoms with Crippen molar-refractivity contribution < 1.29 is 9.18 Å². The van der Waals surface area contributed by atoms with Crippen LogP contribution in [0.5, 0.6) is 0 Å². The second-order valence-corrected chi connectivity index (χ2v) is 7.89. The van der Waals surface area contributed by atoms with Crippen LogP contribution < -0.4 is 10.9 Å². The molecule has 0 spiro atoms. The summed E-state index contributed by atoms with van der Waals surface area (Å²) in [5.41, 5.74) is 2.32. The first-order chi connectivity index (χ1) is 14.4. The molecule has 30 heavy (non-hydrogen) atoms. The first kappa shape index (κ1) is 20.2. The summed E-state index contributed by atoms with van der Waals surface area (Å²) in [4.78, 5) is 33.1. The number of hydrogen-bond acceptors (Lipinski definition) is 4. The number of benzene rings is 2. The summed E-state index contributed by atoms with van der Waals surface area (Å²) in [7, 11) is 0. The summed E-state index contributed by atoms with van der Waals surface area (Å²) in [6.07, 6.45) is 0. The zero-order chi connectivity index (χ0) is 21.3. The molecular formula is C21H16ClFN4O2S. The van der Waals surface area contributed by atoms with Crippen molar-refractivity contribution in [1.29, 1.82) is 0 Å². The lowest BCUT2D eigenvalue weighted by molar-refractivity contribution is -0.113. The molecule has 0 saturated carbocycles. The maximum absolute atomic E-state index is 13.4. The zero-order valence-corrected chi connectivity index (χ0v) is 17.4. The van der Waals surface area contributed by atoms with Gasteiger partial charge in [0.2, 0.25) is 5.91 Å². The van der Waals surface area contributed by atoms with Gasteiger partial charge in [-0.1, -0.05) is 41.6 Å². The predicted octanol–water partition coefficient (Wildman–Crippen LogP) is 4.55. The minimum Gasteiger partial charge on any atom is -0.353 e. The van der Waals surface area contributed by atoms with Gasteiger partial charge in [-0.3, -0.25) is 14.2 Å². The highest BCUT2D eigenvalue weighted by Crippen LogP contribution is 2.24. The largest absolute Gasteiger partial charge is 0.353 e. The normalized spacial score (nSPS) is 11.0. The maximum atomic E-state index is 13.4. The number of nitrogens with zero attached hydrogens (tertiary/aromatic N) is 2. The van der Waals surface area contributed by atoms with Crippen molar-refractivity contribution >= 4 is 46.0 Å². The molecule has 4 aromatic rings. The minimum atomic E-state index is -0.504. The molecule has 0 fully saturated rings. The number of halogens is 2. The van der Waals surface area contributed by atoms with Gasteiger partial charge in [-0.15, -0.1) is 0 Å². The molecule has 0 atom stereocenters. The molecule has 0 saturated heterocycles. The number of fused-ring (bicyclic) bond motifs is 1. The first-order valence-electron chi connectivity index (χ1n) is 8.98. The third-order valence-electron chi connectivity index (χ3n) is 4.31. The van der Waals surface area contributed by atoms with Gasteiger partial charge in [-0.05, 0) is 43.3 Å². The lowest BCUT2D eigenvalue weighted by Gasteiger charge is -2.12. The van der Waals surface area contributed by atoms with Gasteiger partial charge in [0.05, 0.1) is 27.7 Å². The number of nitrogens with one attached hydrogen (secondary N) is 2. The van der Waals surface area contributed by atoms with Gasteiger partial charge >= 0.3 is 0 Å². The highest BCUT2D eigenvalue weighted by molar-refractivity contribution is 7.99. The third kappa shape index (κ3) is 4.10. The molecule has 1 amide bonds. The molecule has 6 nitrogen and oxygen atoms in total. The second kappa shape index (κ2) is 8.33. The molecule has 0 bridgehead atoms. The zero-order valence-electron chi connectivity index (χ0n) is 15.8. The van der Waals surface area contributed by atoms with Crippen molar-refractivity contribution in [2.24, 2.45) is 0 Å². The van der Waals surface area contributed by atoms with Crippen molar-refractivity contribution in [2.45, 2.75) is 12.1 Å². The van der Waals surface area contributed by atoms with Crippen LogP contribution in [-0.2, 0) is 4.79 Å². The molecule has 0 aliphatic carbocycles. The summed E-state index contributed by atoms with van der Waals surface area (Å²) in [6, 6.07) is 14.6. The van der Waals surface area contributed by atoms with Crippen LogP contribution in [0.2, 0.25) is 5.02 Å². The predicted molar refractivity (Wildman–Crippen MR) is 117 cm³/mol. The Morgan fingerprint density at radius 2 is 2.00 bits per heavy atom. The van der Waals surface area contributed by atoms with E-state index in [9.17, 15) is 14.0 Å². The SMILES string of the molecule is Cc1cc2nc(SCC(=O)Nc3cc(F)ccc3Cl)n(-c3ccccc3)c(=O)c2[nH]1. The van der Waals surface area contributed by atoms with Gasteiger partial charge in [-0.2, -0.15) is 0 Å². The highest BCUT2D eigenvalue weighted by atomic mass is 35.5. The van der Waals surface area contributed by atoms with E-state index in [1.807, 2.05) is 25.1 Å². The number of aromatic amines is 1. The van der Waals surface area contributed by atoms with E-state index in [0.29, 0.717) is 21.9 Å². The number of H-pyrrole nitrogens is 1. The fraction of sp³-hybridized carbons (Fsp3) is 0.0952. The quantitative estimate of drug-likeness (QED) is 0.351. The van der Waals surface area contributed by atoms with Crippen LogP contribution in [0.15, 0.2) is 64.5 Å². The Morgan fingerprint density at radius 3 is 2.77 bits per heavy atom. The molecule has 0 radical (unpaired) electrons. The number of carbonyl (C=O) groups is 1. The standard InChI is InChI=1S/C21H16ClFN4O2S/c1-12-9-17-19(24-12)20(29)27(14-5-3-2-4-6-14)21(26-17)30-11-18(28)25-16-10-13(23)7-8-15(16)22/h2-10,24H,11H2,1H3,(H,25,28). The fourth-order valence-corrected chi connectivity index (χ4v) is 3.97. The van der Waals surface area contributed by atoms with E-state index in [-0.39, 0.29) is 22.0 Å². The molecule has 2 N–H and O–H groups in total. The van der Waals surface area contributed by atoms with Crippen LogP contribution in [0.1, 0.15) is 5.69 Å². The molecule has 4 rings (SSSR count). The number of rotatable bonds is 5. The fourth-order valence-electron chi connectivity index (χ4n) is 2.99. The lowest BCUT2D eigenvalue weighted by Crippen LogP contribution is -2.23. The Kier molecular flexibility index (Phi) is 5.61. The van der Waals surface area contributed by atoms with E-state index in [1.165, 1.54) is 16.7 Å². The number of amides is 1. The van der Waals surface area contributed by atoms with Crippen molar-refractivity contribution in [3.8, 4) is 5.69 Å². The van der Waals surface area contributed by atoms with E-state index in [0.717, 1.165) is 23.5 Å². The number of carbonyl (C=O) groups excluding carboxylic acids is 1. The van der Waals surface area contributed by atoms with Crippen molar-refractivity contribution in [2.75, 3.05) is 11.1 Å². The summed E-state index contributed by atoms with van der Waals surface area (Å²) >= 11 is 7.11. The molecule has 0 aliphatic heterocycles. The topological polar surface area (TPSA) is 79.8 Å². The summed E-state index contributed by atoms with van der Waals surface area (Å²) in [5.74, 6) is -0.942. The monoisotopic (exact) mass is 442 g/mol.